The third-order valence-electron chi connectivity index (χ3n) is 4.24. The second kappa shape index (κ2) is 9.54. The second-order valence-electron chi connectivity index (χ2n) is 7.05. The Labute approximate surface area is 180 Å². The number of ether oxygens (including phenoxy) is 1. The standard InChI is InChI=1S/C23H25N3O3S/c1-5-29-19-12-8-17(9-13-19)23-25-15(4)20(30-23)22(28)26-18-10-6-16(7-11-18)21(27)24-14(2)3/h6-14H,5H2,1-4H3,(H,24,27)(H,26,28). The van der Waals surface area contributed by atoms with Crippen LogP contribution in [0.5, 0.6) is 5.75 Å². The summed E-state index contributed by atoms with van der Waals surface area (Å²) < 4.78 is 5.47. The maximum atomic E-state index is 12.7. The molecule has 0 unspecified atom stereocenters. The van der Waals surface area contributed by atoms with Crippen molar-refractivity contribution < 1.29 is 14.3 Å². The lowest BCUT2D eigenvalue weighted by Crippen LogP contribution is -2.30. The molecular weight excluding hydrogens is 398 g/mol. The van der Waals surface area contributed by atoms with E-state index in [9.17, 15) is 9.59 Å². The van der Waals surface area contributed by atoms with Crippen LogP contribution in [-0.4, -0.2) is 29.4 Å². The summed E-state index contributed by atoms with van der Waals surface area (Å²) in [4.78, 5) is 29.9. The van der Waals surface area contributed by atoms with E-state index in [1.807, 2.05) is 52.0 Å². The average Bonchev–Trinajstić information content (AvgIpc) is 3.10. The molecule has 3 aromatic rings. The first-order valence-electron chi connectivity index (χ1n) is 9.80. The number of aromatic nitrogens is 1. The Balaban J connectivity index is 1.71. The van der Waals surface area contributed by atoms with Gasteiger partial charge in [0.15, 0.2) is 0 Å². The zero-order valence-corrected chi connectivity index (χ0v) is 18.3. The Hall–Kier alpha value is -3.19. The molecule has 1 aromatic heterocycles. The highest BCUT2D eigenvalue weighted by atomic mass is 32.1. The summed E-state index contributed by atoms with van der Waals surface area (Å²) in [6, 6.07) is 14.6. The Morgan fingerprint density at radius 1 is 1.03 bits per heavy atom. The maximum absolute atomic E-state index is 12.7. The van der Waals surface area contributed by atoms with Gasteiger partial charge in [-0.1, -0.05) is 0 Å². The molecule has 0 saturated carbocycles. The van der Waals surface area contributed by atoms with Crippen LogP contribution in [0.2, 0.25) is 0 Å². The first-order valence-corrected chi connectivity index (χ1v) is 10.6. The molecule has 0 aliphatic carbocycles. The topological polar surface area (TPSA) is 80.3 Å². The van der Waals surface area contributed by atoms with Crippen molar-refractivity contribution >= 4 is 28.8 Å². The molecule has 0 saturated heterocycles. The van der Waals surface area contributed by atoms with E-state index in [0.717, 1.165) is 16.3 Å². The minimum absolute atomic E-state index is 0.0655. The SMILES string of the molecule is CCOc1ccc(-c2nc(C)c(C(=O)Nc3ccc(C(=O)NC(C)C)cc3)s2)cc1. The van der Waals surface area contributed by atoms with E-state index in [1.54, 1.807) is 24.3 Å². The van der Waals surface area contributed by atoms with E-state index >= 15 is 0 Å². The van der Waals surface area contributed by atoms with Crippen LogP contribution in [0.25, 0.3) is 10.6 Å². The molecule has 3 rings (SSSR count). The Morgan fingerprint density at radius 2 is 1.70 bits per heavy atom. The van der Waals surface area contributed by atoms with Crippen LogP contribution >= 0.6 is 11.3 Å². The lowest BCUT2D eigenvalue weighted by atomic mass is 10.2. The van der Waals surface area contributed by atoms with Crippen LogP contribution in [-0.2, 0) is 0 Å². The zero-order valence-electron chi connectivity index (χ0n) is 17.5. The summed E-state index contributed by atoms with van der Waals surface area (Å²) in [5.41, 5.74) is 2.78. The Morgan fingerprint density at radius 3 is 2.30 bits per heavy atom. The molecule has 0 bridgehead atoms. The maximum Gasteiger partial charge on any atom is 0.267 e. The van der Waals surface area contributed by atoms with Gasteiger partial charge in [-0.25, -0.2) is 4.98 Å². The highest BCUT2D eigenvalue weighted by Crippen LogP contribution is 2.29. The van der Waals surface area contributed by atoms with E-state index in [-0.39, 0.29) is 17.9 Å². The summed E-state index contributed by atoms with van der Waals surface area (Å²) >= 11 is 1.35. The number of nitrogens with zero attached hydrogens (tertiary/aromatic N) is 1. The normalized spacial score (nSPS) is 10.7. The monoisotopic (exact) mass is 423 g/mol. The van der Waals surface area contributed by atoms with E-state index < -0.39 is 0 Å². The number of carbonyl (C=O) groups excluding carboxylic acids is 2. The third-order valence-corrected chi connectivity index (χ3v) is 5.45. The fourth-order valence-corrected chi connectivity index (χ4v) is 3.80. The van der Waals surface area contributed by atoms with Gasteiger partial charge < -0.3 is 15.4 Å². The van der Waals surface area contributed by atoms with Crippen LogP contribution < -0.4 is 15.4 Å². The number of carbonyl (C=O) groups is 2. The molecule has 156 valence electrons. The van der Waals surface area contributed by atoms with Gasteiger partial charge in [0.1, 0.15) is 15.6 Å². The molecular formula is C23H25N3O3S. The number of rotatable bonds is 7. The van der Waals surface area contributed by atoms with Crippen LogP contribution in [0.4, 0.5) is 5.69 Å². The minimum Gasteiger partial charge on any atom is -0.494 e. The molecule has 0 atom stereocenters. The highest BCUT2D eigenvalue weighted by molar-refractivity contribution is 7.17. The minimum atomic E-state index is -0.221. The van der Waals surface area contributed by atoms with Crippen LogP contribution in [0.3, 0.4) is 0 Å². The molecule has 0 radical (unpaired) electrons. The molecule has 6 nitrogen and oxygen atoms in total. The molecule has 2 amide bonds. The van der Waals surface area contributed by atoms with Crippen molar-refractivity contribution in [2.24, 2.45) is 0 Å². The number of hydrogen-bond acceptors (Lipinski definition) is 5. The van der Waals surface area contributed by atoms with Gasteiger partial charge in [0.2, 0.25) is 0 Å². The van der Waals surface area contributed by atoms with Crippen molar-refractivity contribution in [2.45, 2.75) is 33.7 Å². The van der Waals surface area contributed by atoms with Gasteiger partial charge in [0, 0.05) is 22.9 Å². The van der Waals surface area contributed by atoms with Crippen molar-refractivity contribution in [3.8, 4) is 16.3 Å². The fraction of sp³-hybridized carbons (Fsp3) is 0.261. The lowest BCUT2D eigenvalue weighted by molar-refractivity contribution is 0.0942. The van der Waals surface area contributed by atoms with Gasteiger partial charge in [-0.15, -0.1) is 11.3 Å². The number of anilines is 1. The van der Waals surface area contributed by atoms with Crippen LogP contribution in [0.15, 0.2) is 48.5 Å². The average molecular weight is 424 g/mol. The van der Waals surface area contributed by atoms with E-state index in [2.05, 4.69) is 15.6 Å². The first-order chi connectivity index (χ1) is 14.4. The molecule has 30 heavy (non-hydrogen) atoms. The van der Waals surface area contributed by atoms with Crippen LogP contribution in [0.1, 0.15) is 46.5 Å². The number of aryl methyl sites for hydroxylation is 1. The molecule has 7 heteroatoms. The largest absolute Gasteiger partial charge is 0.494 e. The number of nitrogens with one attached hydrogen (secondary N) is 2. The number of amides is 2. The molecule has 0 spiro atoms. The summed E-state index contributed by atoms with van der Waals surface area (Å²) in [6.45, 7) is 8.19. The van der Waals surface area contributed by atoms with Gasteiger partial charge in [-0.05, 0) is 76.2 Å². The molecule has 1 heterocycles. The number of hydrogen-bond donors (Lipinski definition) is 2. The summed E-state index contributed by atoms with van der Waals surface area (Å²) in [6.07, 6.45) is 0. The smallest absolute Gasteiger partial charge is 0.267 e. The number of thiazole rings is 1. The van der Waals surface area contributed by atoms with Gasteiger partial charge in [-0.3, -0.25) is 9.59 Å². The second-order valence-corrected chi connectivity index (χ2v) is 8.05. The van der Waals surface area contributed by atoms with Gasteiger partial charge in [0.25, 0.3) is 11.8 Å². The van der Waals surface area contributed by atoms with Crippen LogP contribution in [0, 0.1) is 6.92 Å². The summed E-state index contributed by atoms with van der Waals surface area (Å²) in [7, 11) is 0. The zero-order chi connectivity index (χ0) is 21.7. The molecule has 0 fully saturated rings. The van der Waals surface area contributed by atoms with Gasteiger partial charge in [0.05, 0.1) is 12.3 Å². The first kappa shape index (κ1) is 21.5. The molecule has 0 aliphatic heterocycles. The van der Waals surface area contributed by atoms with Crippen molar-refractivity contribution in [1.82, 2.24) is 10.3 Å². The molecule has 0 aliphatic rings. The van der Waals surface area contributed by atoms with Crippen molar-refractivity contribution in [1.29, 1.82) is 0 Å². The molecule has 2 N–H and O–H groups in total. The molecule has 2 aromatic carbocycles. The predicted molar refractivity (Wildman–Crippen MR) is 120 cm³/mol. The Bertz CT molecular complexity index is 1020. The highest BCUT2D eigenvalue weighted by Gasteiger charge is 2.17. The van der Waals surface area contributed by atoms with E-state index in [4.69, 9.17) is 4.74 Å². The van der Waals surface area contributed by atoms with Crippen molar-refractivity contribution in [3.63, 3.8) is 0 Å². The van der Waals surface area contributed by atoms with Crippen molar-refractivity contribution in [3.05, 3.63) is 64.7 Å². The quantitative estimate of drug-likeness (QED) is 0.566. The third kappa shape index (κ3) is 5.24. The van der Waals surface area contributed by atoms with Gasteiger partial charge in [-0.2, -0.15) is 0 Å². The fourth-order valence-electron chi connectivity index (χ4n) is 2.83. The predicted octanol–water partition coefficient (Wildman–Crippen LogP) is 4.91. The number of benzene rings is 2. The van der Waals surface area contributed by atoms with Crippen molar-refractivity contribution in [2.75, 3.05) is 11.9 Å². The van der Waals surface area contributed by atoms with Gasteiger partial charge >= 0.3 is 0 Å². The van der Waals surface area contributed by atoms with E-state index in [0.29, 0.717) is 28.4 Å². The lowest BCUT2D eigenvalue weighted by Gasteiger charge is -2.09. The summed E-state index contributed by atoms with van der Waals surface area (Å²) in [5, 5.41) is 6.50. The summed E-state index contributed by atoms with van der Waals surface area (Å²) in [5.74, 6) is 0.445. The Kier molecular flexibility index (Phi) is 6.84. The van der Waals surface area contributed by atoms with E-state index in [1.165, 1.54) is 11.3 Å².